The first-order valence-corrected chi connectivity index (χ1v) is 18.2. The highest BCUT2D eigenvalue weighted by Crippen LogP contribution is 2.72. The number of likely N-dealkylation sites (tertiary alicyclic amines) is 1. The van der Waals surface area contributed by atoms with E-state index in [-0.39, 0.29) is 36.9 Å². The molecule has 3 unspecified atom stereocenters. The number of fused-ring (bicyclic) bond motifs is 1. The first-order valence-electron chi connectivity index (χ1n) is 17.3. The number of hydrogen-bond donors (Lipinski definition) is 1. The van der Waals surface area contributed by atoms with Crippen LogP contribution in [-0.4, -0.2) is 86.6 Å². The molecule has 3 amide bonds. The van der Waals surface area contributed by atoms with E-state index in [1.54, 1.807) is 33.7 Å². The molecule has 0 aliphatic carbocycles. The summed E-state index contributed by atoms with van der Waals surface area (Å²) in [6.45, 7) is 16.9. The fraction of sp³-hybridized carbons (Fsp3) is 0.513. The van der Waals surface area contributed by atoms with E-state index in [9.17, 15) is 14.7 Å². The second-order valence-electron chi connectivity index (χ2n) is 13.6. The van der Waals surface area contributed by atoms with Crippen LogP contribution in [0.4, 0.5) is 5.69 Å². The van der Waals surface area contributed by atoms with Gasteiger partial charge in [0.1, 0.15) is 11.8 Å². The van der Waals surface area contributed by atoms with Crippen molar-refractivity contribution in [2.45, 2.75) is 87.4 Å². The molecule has 8 nitrogen and oxygen atoms in total. The van der Waals surface area contributed by atoms with Gasteiger partial charge < -0.3 is 24.5 Å². The Hall–Kier alpha value is -3.56. The summed E-state index contributed by atoms with van der Waals surface area (Å²) in [7, 11) is 0. The molecular formula is C39H51N3O5S. The van der Waals surface area contributed by atoms with Crippen LogP contribution in [0.25, 0.3) is 0 Å². The highest BCUT2D eigenvalue weighted by Gasteiger charge is 2.78. The van der Waals surface area contributed by atoms with Crippen molar-refractivity contribution in [2.75, 3.05) is 31.2 Å². The van der Waals surface area contributed by atoms with Crippen LogP contribution in [0.3, 0.4) is 0 Å². The second-order valence-corrected chi connectivity index (χ2v) is 15.5. The minimum atomic E-state index is -0.821. The van der Waals surface area contributed by atoms with E-state index in [0.29, 0.717) is 43.9 Å². The summed E-state index contributed by atoms with van der Waals surface area (Å²) in [5, 5.41) is 10.9. The first kappa shape index (κ1) is 35.7. The van der Waals surface area contributed by atoms with Crippen LogP contribution in [0.2, 0.25) is 0 Å². The van der Waals surface area contributed by atoms with E-state index in [4.69, 9.17) is 4.74 Å². The Morgan fingerprint density at radius 3 is 2.35 bits per heavy atom. The van der Waals surface area contributed by atoms with Gasteiger partial charge >= 0.3 is 0 Å². The van der Waals surface area contributed by atoms with Crippen LogP contribution in [0.1, 0.15) is 58.9 Å². The van der Waals surface area contributed by atoms with E-state index in [2.05, 4.69) is 27.0 Å². The van der Waals surface area contributed by atoms with Gasteiger partial charge in [0.05, 0.1) is 35.8 Å². The summed E-state index contributed by atoms with van der Waals surface area (Å²) in [5.41, 5.74) is 1.67. The SMILES string of the molecule is C=CCN(C(=O)[C@H]1[C@H]2C(=O)N([C@@H](CO)Cc3ccccc3)C(C(=O)N(CC=C)C(C)CCC)C23CC[C@]1(C)S3)c1ccc(OCC)cc1. The molecule has 48 heavy (non-hydrogen) atoms. The van der Waals surface area contributed by atoms with Gasteiger partial charge in [0, 0.05) is 29.6 Å². The zero-order valence-electron chi connectivity index (χ0n) is 28.8. The molecule has 3 saturated heterocycles. The smallest absolute Gasteiger partial charge is 0.247 e. The third kappa shape index (κ3) is 6.31. The molecule has 0 saturated carbocycles. The third-order valence-corrected chi connectivity index (χ3v) is 12.5. The molecule has 3 heterocycles. The molecule has 2 bridgehead atoms. The van der Waals surface area contributed by atoms with Crippen molar-refractivity contribution in [1.82, 2.24) is 9.80 Å². The highest BCUT2D eigenvalue weighted by molar-refractivity contribution is 8.02. The van der Waals surface area contributed by atoms with Gasteiger partial charge in [-0.15, -0.1) is 24.9 Å². The molecular weight excluding hydrogens is 623 g/mol. The Balaban J connectivity index is 1.60. The number of thioether (sulfide) groups is 1. The average molecular weight is 674 g/mol. The molecule has 3 aliphatic heterocycles. The van der Waals surface area contributed by atoms with Gasteiger partial charge in [0.25, 0.3) is 0 Å². The van der Waals surface area contributed by atoms with E-state index >= 15 is 4.79 Å². The lowest BCUT2D eigenvalue weighted by Crippen LogP contribution is -2.59. The van der Waals surface area contributed by atoms with Crippen molar-refractivity contribution in [3.8, 4) is 5.75 Å². The maximum atomic E-state index is 15.0. The molecule has 3 aliphatic rings. The predicted molar refractivity (Wildman–Crippen MR) is 193 cm³/mol. The number of carbonyl (C=O) groups is 3. The summed E-state index contributed by atoms with van der Waals surface area (Å²) in [5.74, 6) is -1.15. The fourth-order valence-corrected chi connectivity index (χ4v) is 10.7. The Bertz CT molecular complexity index is 1480. The molecule has 7 atom stereocenters. The van der Waals surface area contributed by atoms with Gasteiger partial charge in [-0.05, 0) is 76.3 Å². The lowest BCUT2D eigenvalue weighted by Gasteiger charge is -2.41. The van der Waals surface area contributed by atoms with Gasteiger partial charge in [-0.1, -0.05) is 55.8 Å². The normalized spacial score (nSPS) is 26.9. The summed E-state index contributed by atoms with van der Waals surface area (Å²) in [6, 6.07) is 15.7. The molecule has 258 valence electrons. The Morgan fingerprint density at radius 2 is 1.75 bits per heavy atom. The standard InChI is InChI=1S/C39H51N3O5S/c1-7-14-27(5)40(23-8-2)37(46)34-39-22-21-38(6,48-39)32(35(44)41(24-9-3)29-17-19-31(20-18-29)47-10-4)33(39)36(45)42(34)30(26-43)25-28-15-12-11-13-16-28/h8-9,11-13,15-20,27,30,32-34,43H,2-3,7,10,14,21-26H2,1,4-6H3/t27?,30-,32-,33+,34?,38+,39?/m1/s1. The lowest BCUT2D eigenvalue weighted by atomic mass is 9.66. The molecule has 1 N–H and O–H groups in total. The quantitative estimate of drug-likeness (QED) is 0.224. The van der Waals surface area contributed by atoms with Crippen molar-refractivity contribution in [2.24, 2.45) is 11.8 Å². The number of hydrogen-bond acceptors (Lipinski definition) is 6. The fourth-order valence-electron chi connectivity index (χ4n) is 8.41. The third-order valence-electron chi connectivity index (χ3n) is 10.5. The number of ether oxygens (including phenoxy) is 1. The zero-order chi connectivity index (χ0) is 34.6. The summed E-state index contributed by atoms with van der Waals surface area (Å²) >= 11 is 1.66. The second kappa shape index (κ2) is 14.9. The van der Waals surface area contributed by atoms with E-state index in [1.165, 1.54) is 0 Å². The number of aliphatic hydroxyl groups is 1. The van der Waals surface area contributed by atoms with Crippen molar-refractivity contribution in [3.05, 3.63) is 85.5 Å². The molecule has 5 rings (SSSR count). The number of carbonyl (C=O) groups excluding carboxylic acids is 3. The molecule has 1 spiro atoms. The van der Waals surface area contributed by atoms with Crippen LogP contribution in [-0.2, 0) is 20.8 Å². The van der Waals surface area contributed by atoms with Gasteiger partial charge in [0.15, 0.2) is 0 Å². The average Bonchev–Trinajstić information content (AvgIpc) is 3.66. The number of aliphatic hydroxyl groups excluding tert-OH is 1. The Labute approximate surface area is 290 Å². The van der Waals surface area contributed by atoms with Crippen molar-refractivity contribution < 1.29 is 24.2 Å². The maximum absolute atomic E-state index is 15.0. The monoisotopic (exact) mass is 673 g/mol. The summed E-state index contributed by atoms with van der Waals surface area (Å²) < 4.78 is 4.29. The molecule has 0 aromatic heterocycles. The van der Waals surface area contributed by atoms with Crippen LogP contribution in [0, 0.1) is 11.8 Å². The zero-order valence-corrected chi connectivity index (χ0v) is 29.7. The van der Waals surface area contributed by atoms with Crippen molar-refractivity contribution in [1.29, 1.82) is 0 Å². The molecule has 2 aromatic rings. The van der Waals surface area contributed by atoms with Crippen LogP contribution >= 0.6 is 11.8 Å². The number of anilines is 1. The number of benzene rings is 2. The van der Waals surface area contributed by atoms with Crippen molar-refractivity contribution >= 4 is 35.2 Å². The van der Waals surface area contributed by atoms with Crippen molar-refractivity contribution in [3.63, 3.8) is 0 Å². The first-order chi connectivity index (χ1) is 23.1. The Morgan fingerprint density at radius 1 is 1.06 bits per heavy atom. The molecule has 0 radical (unpaired) electrons. The Kier molecular flexibility index (Phi) is 11.1. The van der Waals surface area contributed by atoms with Crippen LogP contribution < -0.4 is 9.64 Å². The minimum Gasteiger partial charge on any atom is -0.494 e. The van der Waals surface area contributed by atoms with Gasteiger partial charge in [0.2, 0.25) is 17.7 Å². The summed E-state index contributed by atoms with van der Waals surface area (Å²) in [6.07, 6.45) is 6.90. The van der Waals surface area contributed by atoms with E-state index in [0.717, 1.165) is 18.4 Å². The molecule has 3 fully saturated rings. The highest BCUT2D eigenvalue weighted by atomic mass is 32.2. The number of nitrogens with zero attached hydrogens (tertiary/aromatic N) is 3. The maximum Gasteiger partial charge on any atom is 0.247 e. The number of rotatable bonds is 16. The largest absolute Gasteiger partial charge is 0.494 e. The lowest BCUT2D eigenvalue weighted by molar-refractivity contribution is -0.146. The van der Waals surface area contributed by atoms with E-state index in [1.807, 2.05) is 73.3 Å². The molecule has 9 heteroatoms. The molecule has 2 aromatic carbocycles. The number of amides is 3. The minimum absolute atomic E-state index is 0.0611. The van der Waals surface area contributed by atoms with Gasteiger partial charge in [-0.3, -0.25) is 14.4 Å². The van der Waals surface area contributed by atoms with E-state index < -0.39 is 33.4 Å². The van der Waals surface area contributed by atoms with Gasteiger partial charge in [-0.2, -0.15) is 0 Å². The topological polar surface area (TPSA) is 90.4 Å². The van der Waals surface area contributed by atoms with Gasteiger partial charge in [-0.25, -0.2) is 0 Å². The van der Waals surface area contributed by atoms with Crippen LogP contribution in [0.5, 0.6) is 5.75 Å². The van der Waals surface area contributed by atoms with Crippen LogP contribution in [0.15, 0.2) is 79.9 Å². The summed E-state index contributed by atoms with van der Waals surface area (Å²) in [4.78, 5) is 50.2. The predicted octanol–water partition coefficient (Wildman–Crippen LogP) is 5.89.